The standard InChI is InChI=1S/C26H23F3N6O3/c27-26(28,29)38-21-7-4-18(5-8-21)6-9-24(36)32-19-16-31-35(17-19)20-10-13-33(14-11-20)25(37)22-2-1-3-23-30-12-15-34(22)23/h1-9,12,15-17,20H,10-11,13-14H2,(H,32,36)/b9-6+. The summed E-state index contributed by atoms with van der Waals surface area (Å²) in [5.74, 6) is -0.790. The number of nitrogens with one attached hydrogen (secondary N) is 1. The average Bonchev–Trinajstić information content (AvgIpc) is 3.57. The Morgan fingerprint density at radius 2 is 1.84 bits per heavy atom. The van der Waals surface area contributed by atoms with Crippen LogP contribution in [0.3, 0.4) is 0 Å². The molecule has 0 spiro atoms. The van der Waals surface area contributed by atoms with E-state index >= 15 is 0 Å². The minimum absolute atomic E-state index is 0.0465. The molecule has 0 atom stereocenters. The highest BCUT2D eigenvalue weighted by Crippen LogP contribution is 2.25. The van der Waals surface area contributed by atoms with Crippen molar-refractivity contribution in [3.8, 4) is 5.75 Å². The molecule has 5 rings (SSSR count). The third-order valence-corrected chi connectivity index (χ3v) is 6.18. The summed E-state index contributed by atoms with van der Waals surface area (Å²) in [6, 6.07) is 10.7. The third-order valence-electron chi connectivity index (χ3n) is 6.18. The van der Waals surface area contributed by atoms with Gasteiger partial charge in [0.25, 0.3) is 5.91 Å². The lowest BCUT2D eigenvalue weighted by atomic mass is 10.0. The van der Waals surface area contributed by atoms with Gasteiger partial charge in [0.1, 0.15) is 17.1 Å². The van der Waals surface area contributed by atoms with Crippen LogP contribution in [0.15, 0.2) is 73.3 Å². The predicted octanol–water partition coefficient (Wildman–Crippen LogP) is 4.56. The van der Waals surface area contributed by atoms with Gasteiger partial charge in [0, 0.05) is 37.8 Å². The second kappa shape index (κ2) is 10.4. The molecule has 1 N–H and O–H groups in total. The number of anilines is 1. The Balaban J connectivity index is 1.13. The zero-order chi connectivity index (χ0) is 26.7. The number of carbonyl (C=O) groups is 2. The van der Waals surface area contributed by atoms with Crippen molar-refractivity contribution < 1.29 is 27.5 Å². The van der Waals surface area contributed by atoms with Crippen LogP contribution in [0.5, 0.6) is 5.75 Å². The van der Waals surface area contributed by atoms with E-state index in [9.17, 15) is 22.8 Å². The molecule has 3 aromatic heterocycles. The first-order valence-electron chi connectivity index (χ1n) is 11.9. The van der Waals surface area contributed by atoms with Crippen LogP contribution in [-0.2, 0) is 4.79 Å². The number of nitrogens with zero attached hydrogens (tertiary/aromatic N) is 5. The monoisotopic (exact) mass is 524 g/mol. The van der Waals surface area contributed by atoms with Crippen molar-refractivity contribution in [2.45, 2.75) is 25.2 Å². The lowest BCUT2D eigenvalue weighted by Crippen LogP contribution is -2.39. The zero-order valence-corrected chi connectivity index (χ0v) is 20.0. The van der Waals surface area contributed by atoms with E-state index in [4.69, 9.17) is 0 Å². The predicted molar refractivity (Wildman–Crippen MR) is 132 cm³/mol. The number of halogens is 3. The van der Waals surface area contributed by atoms with Crippen LogP contribution >= 0.6 is 0 Å². The van der Waals surface area contributed by atoms with Gasteiger partial charge >= 0.3 is 6.36 Å². The molecule has 4 aromatic rings. The maximum Gasteiger partial charge on any atom is 0.573 e. The van der Waals surface area contributed by atoms with E-state index < -0.39 is 12.3 Å². The summed E-state index contributed by atoms with van der Waals surface area (Å²) < 4.78 is 44.2. The fourth-order valence-corrected chi connectivity index (χ4v) is 4.36. The van der Waals surface area contributed by atoms with Crippen molar-refractivity contribution in [3.05, 3.63) is 84.6 Å². The van der Waals surface area contributed by atoms with Crippen molar-refractivity contribution in [2.75, 3.05) is 18.4 Å². The first-order valence-corrected chi connectivity index (χ1v) is 11.9. The van der Waals surface area contributed by atoms with Crippen LogP contribution in [0.2, 0.25) is 0 Å². The molecule has 4 heterocycles. The van der Waals surface area contributed by atoms with E-state index in [0.29, 0.717) is 42.9 Å². The molecule has 12 heteroatoms. The van der Waals surface area contributed by atoms with Gasteiger partial charge in [0.05, 0.1) is 17.9 Å². The topological polar surface area (TPSA) is 93.8 Å². The minimum atomic E-state index is -4.76. The summed E-state index contributed by atoms with van der Waals surface area (Å²) >= 11 is 0. The van der Waals surface area contributed by atoms with E-state index in [1.165, 1.54) is 36.4 Å². The average molecular weight is 525 g/mol. The normalized spacial score (nSPS) is 14.8. The summed E-state index contributed by atoms with van der Waals surface area (Å²) in [7, 11) is 0. The number of carbonyl (C=O) groups excluding carboxylic acids is 2. The van der Waals surface area contributed by atoms with Crippen LogP contribution < -0.4 is 10.1 Å². The smallest absolute Gasteiger partial charge is 0.406 e. The maximum absolute atomic E-state index is 13.1. The lowest BCUT2D eigenvalue weighted by Gasteiger charge is -2.32. The van der Waals surface area contributed by atoms with Gasteiger partial charge < -0.3 is 15.0 Å². The number of pyridine rings is 1. The molecule has 0 aliphatic carbocycles. The number of rotatable bonds is 6. The zero-order valence-electron chi connectivity index (χ0n) is 20.0. The second-order valence-corrected chi connectivity index (χ2v) is 8.74. The van der Waals surface area contributed by atoms with Crippen molar-refractivity contribution in [1.82, 2.24) is 24.1 Å². The van der Waals surface area contributed by atoms with Crippen molar-refractivity contribution in [1.29, 1.82) is 0 Å². The number of fused-ring (bicyclic) bond motifs is 1. The first kappa shape index (κ1) is 25.1. The molecule has 0 radical (unpaired) electrons. The number of piperidine rings is 1. The summed E-state index contributed by atoms with van der Waals surface area (Å²) in [5, 5.41) is 7.09. The summed E-state index contributed by atoms with van der Waals surface area (Å²) in [6.45, 7) is 1.15. The van der Waals surface area contributed by atoms with E-state index in [1.807, 2.05) is 17.0 Å². The Hall–Kier alpha value is -4.61. The van der Waals surface area contributed by atoms with Gasteiger partial charge in [-0.3, -0.25) is 18.7 Å². The number of likely N-dealkylation sites (tertiary alicyclic amines) is 1. The third kappa shape index (κ3) is 5.85. The van der Waals surface area contributed by atoms with Gasteiger partial charge in [-0.15, -0.1) is 13.2 Å². The Kier molecular flexibility index (Phi) is 6.86. The Labute approximate surface area is 215 Å². The molecule has 2 amide bonds. The van der Waals surface area contributed by atoms with Gasteiger partial charge in [-0.25, -0.2) is 4.98 Å². The Morgan fingerprint density at radius 3 is 2.58 bits per heavy atom. The highest BCUT2D eigenvalue weighted by Gasteiger charge is 2.31. The van der Waals surface area contributed by atoms with Crippen LogP contribution in [0, 0.1) is 0 Å². The molecule has 0 bridgehead atoms. The number of aromatic nitrogens is 4. The number of ether oxygens (including phenoxy) is 1. The van der Waals surface area contributed by atoms with Gasteiger partial charge in [-0.05, 0) is 48.7 Å². The number of alkyl halides is 3. The minimum Gasteiger partial charge on any atom is -0.406 e. The molecular weight excluding hydrogens is 501 g/mol. The van der Waals surface area contributed by atoms with Crippen molar-refractivity contribution in [3.63, 3.8) is 0 Å². The van der Waals surface area contributed by atoms with E-state index in [0.717, 1.165) is 5.65 Å². The molecule has 1 fully saturated rings. The van der Waals surface area contributed by atoms with Crippen LogP contribution in [0.4, 0.5) is 18.9 Å². The van der Waals surface area contributed by atoms with E-state index in [2.05, 4.69) is 20.1 Å². The molecule has 196 valence electrons. The van der Waals surface area contributed by atoms with Crippen LogP contribution in [0.1, 0.15) is 34.9 Å². The number of hydrogen-bond acceptors (Lipinski definition) is 5. The fraction of sp³-hybridized carbons (Fsp3) is 0.231. The van der Waals surface area contributed by atoms with Crippen molar-refractivity contribution in [2.24, 2.45) is 0 Å². The highest BCUT2D eigenvalue weighted by atomic mass is 19.4. The van der Waals surface area contributed by atoms with Gasteiger partial charge in [-0.1, -0.05) is 18.2 Å². The first-order chi connectivity index (χ1) is 18.2. The molecular formula is C26H23F3N6O3. The Bertz CT molecular complexity index is 1470. The largest absolute Gasteiger partial charge is 0.573 e. The highest BCUT2D eigenvalue weighted by molar-refractivity contribution is 6.01. The van der Waals surface area contributed by atoms with E-state index in [1.54, 1.807) is 39.9 Å². The maximum atomic E-state index is 13.1. The molecule has 1 aromatic carbocycles. The summed E-state index contributed by atoms with van der Waals surface area (Å²) in [4.78, 5) is 31.4. The van der Waals surface area contributed by atoms with Crippen LogP contribution in [-0.4, -0.2) is 55.3 Å². The number of imidazole rings is 1. The second-order valence-electron chi connectivity index (χ2n) is 8.74. The molecule has 9 nitrogen and oxygen atoms in total. The number of amides is 2. The summed E-state index contributed by atoms with van der Waals surface area (Å²) in [6.07, 6.45) is 6.16. The lowest BCUT2D eigenvalue weighted by molar-refractivity contribution is -0.274. The molecule has 0 unspecified atom stereocenters. The molecule has 1 saturated heterocycles. The van der Waals surface area contributed by atoms with Crippen molar-refractivity contribution >= 4 is 29.2 Å². The number of hydrogen-bond donors (Lipinski definition) is 1. The number of benzene rings is 1. The fourth-order valence-electron chi connectivity index (χ4n) is 4.36. The molecule has 38 heavy (non-hydrogen) atoms. The van der Waals surface area contributed by atoms with E-state index in [-0.39, 0.29) is 17.7 Å². The van der Waals surface area contributed by atoms with Gasteiger partial charge in [0.2, 0.25) is 5.91 Å². The van der Waals surface area contributed by atoms with Gasteiger partial charge in [-0.2, -0.15) is 5.10 Å². The summed E-state index contributed by atoms with van der Waals surface area (Å²) in [5.41, 5.74) is 2.34. The van der Waals surface area contributed by atoms with Gasteiger partial charge in [0.15, 0.2) is 0 Å². The Morgan fingerprint density at radius 1 is 1.08 bits per heavy atom. The SMILES string of the molecule is O=C(/C=C/c1ccc(OC(F)(F)F)cc1)Nc1cnn(C2CCN(C(=O)c3cccc4nccn34)CC2)c1. The molecule has 1 aliphatic heterocycles. The molecule has 1 aliphatic rings. The molecule has 0 saturated carbocycles. The quantitative estimate of drug-likeness (QED) is 0.374. The van der Waals surface area contributed by atoms with Crippen LogP contribution in [0.25, 0.3) is 11.7 Å².